The van der Waals surface area contributed by atoms with Crippen LogP contribution in [0.15, 0.2) is 71.6 Å². The van der Waals surface area contributed by atoms with Crippen molar-refractivity contribution in [3.63, 3.8) is 0 Å². The van der Waals surface area contributed by atoms with E-state index in [-0.39, 0.29) is 6.42 Å². The molecule has 4 aromatic rings. The van der Waals surface area contributed by atoms with E-state index < -0.39 is 5.97 Å². The number of carboxylic acid groups (broad SMARTS) is 1. The Morgan fingerprint density at radius 2 is 1.85 bits per heavy atom. The summed E-state index contributed by atoms with van der Waals surface area (Å²) in [6, 6.07) is 18.2. The maximum absolute atomic E-state index is 10.6. The van der Waals surface area contributed by atoms with Gasteiger partial charge in [0.25, 0.3) is 0 Å². The molecule has 27 heavy (non-hydrogen) atoms. The lowest BCUT2D eigenvalue weighted by Gasteiger charge is -2.09. The molecule has 0 spiro atoms. The molecule has 0 bridgehead atoms. The number of aliphatic carboxylic acids is 1. The van der Waals surface area contributed by atoms with Gasteiger partial charge in [-0.05, 0) is 58.6 Å². The summed E-state index contributed by atoms with van der Waals surface area (Å²) in [4.78, 5) is 10.6. The van der Waals surface area contributed by atoms with Gasteiger partial charge in [0.05, 0.1) is 11.2 Å². The maximum atomic E-state index is 10.6. The quantitative estimate of drug-likeness (QED) is 0.476. The molecule has 0 aliphatic rings. The summed E-state index contributed by atoms with van der Waals surface area (Å²) in [5.41, 5.74) is 4.44. The van der Waals surface area contributed by atoms with Gasteiger partial charge in [0.2, 0.25) is 0 Å². The van der Waals surface area contributed by atoms with Crippen LogP contribution in [0.5, 0.6) is 5.75 Å². The van der Waals surface area contributed by atoms with E-state index in [4.69, 9.17) is 9.84 Å². The monoisotopic (exact) mass is 377 g/mol. The van der Waals surface area contributed by atoms with Crippen LogP contribution in [0.3, 0.4) is 0 Å². The highest BCUT2D eigenvalue weighted by molar-refractivity contribution is 7.08. The molecule has 0 aliphatic carbocycles. The van der Waals surface area contributed by atoms with E-state index in [9.17, 15) is 4.79 Å². The number of hydrogen-bond donors (Lipinski definition) is 1. The second kappa shape index (κ2) is 7.68. The molecule has 0 saturated carbocycles. The third-order valence-corrected chi connectivity index (χ3v) is 5.17. The van der Waals surface area contributed by atoms with Crippen molar-refractivity contribution in [2.24, 2.45) is 0 Å². The lowest BCUT2D eigenvalue weighted by atomic mass is 10.1. The highest BCUT2D eigenvalue weighted by Crippen LogP contribution is 2.24. The van der Waals surface area contributed by atoms with Crippen molar-refractivity contribution in [2.75, 3.05) is 0 Å². The second-order valence-corrected chi connectivity index (χ2v) is 7.17. The van der Waals surface area contributed by atoms with Crippen molar-refractivity contribution in [1.29, 1.82) is 0 Å². The normalized spacial score (nSPS) is 11.0. The zero-order chi connectivity index (χ0) is 18.6. The average molecular weight is 377 g/mol. The first-order chi connectivity index (χ1) is 13.2. The predicted octanol–water partition coefficient (Wildman–Crippen LogP) is 5.29. The summed E-state index contributed by atoms with van der Waals surface area (Å²) >= 11 is 1.69. The Balaban J connectivity index is 1.46. The van der Waals surface area contributed by atoms with Gasteiger partial charge in [-0.2, -0.15) is 11.3 Å². The average Bonchev–Trinajstić information content (AvgIpc) is 3.34. The first-order valence-corrected chi connectivity index (χ1v) is 9.69. The highest BCUT2D eigenvalue weighted by Gasteiger charge is 2.06. The number of nitrogens with zero attached hydrogens (tertiary/aromatic N) is 1. The molecule has 136 valence electrons. The summed E-state index contributed by atoms with van der Waals surface area (Å²) in [7, 11) is 0. The zero-order valence-corrected chi connectivity index (χ0v) is 15.5. The summed E-state index contributed by atoms with van der Waals surface area (Å²) in [5, 5.41) is 14.2. The largest absolute Gasteiger partial charge is 0.489 e. The number of ether oxygens (including phenoxy) is 1. The third-order valence-electron chi connectivity index (χ3n) is 4.50. The Morgan fingerprint density at radius 1 is 1.04 bits per heavy atom. The van der Waals surface area contributed by atoms with E-state index in [1.54, 1.807) is 11.3 Å². The van der Waals surface area contributed by atoms with Crippen molar-refractivity contribution < 1.29 is 14.6 Å². The first kappa shape index (κ1) is 17.4. The van der Waals surface area contributed by atoms with E-state index in [1.807, 2.05) is 24.3 Å². The molecule has 0 radical (unpaired) electrons. The Hall–Kier alpha value is -3.05. The fraction of sp³-hybridized carbons (Fsp3) is 0.136. The Labute approximate surface area is 161 Å². The van der Waals surface area contributed by atoms with Crippen molar-refractivity contribution in [1.82, 2.24) is 4.57 Å². The fourth-order valence-corrected chi connectivity index (χ4v) is 3.68. The summed E-state index contributed by atoms with van der Waals surface area (Å²) in [6.45, 7) is 0.485. The maximum Gasteiger partial charge on any atom is 0.303 e. The minimum absolute atomic E-state index is 0.143. The Kier molecular flexibility index (Phi) is 4.94. The van der Waals surface area contributed by atoms with Gasteiger partial charge in [-0.15, -0.1) is 0 Å². The molecule has 4 nitrogen and oxygen atoms in total. The fourth-order valence-electron chi connectivity index (χ4n) is 3.05. The Morgan fingerprint density at radius 3 is 2.59 bits per heavy atom. The van der Waals surface area contributed by atoms with Crippen molar-refractivity contribution in [3.8, 4) is 11.4 Å². The van der Waals surface area contributed by atoms with Gasteiger partial charge in [0.15, 0.2) is 0 Å². The number of thiophene rings is 1. The standard InChI is InChI=1S/C22H19NO3S/c24-22(25)8-4-16-2-6-20(7-3-16)26-14-17-1-5-18-9-11-23(21(18)13-17)19-10-12-27-15-19/h1-3,5-7,9-13,15H,4,8,14H2,(H,24,25). The van der Waals surface area contributed by atoms with Gasteiger partial charge < -0.3 is 14.4 Å². The van der Waals surface area contributed by atoms with Gasteiger partial charge in [0, 0.05) is 18.0 Å². The van der Waals surface area contributed by atoms with E-state index >= 15 is 0 Å². The third kappa shape index (κ3) is 4.04. The van der Waals surface area contributed by atoms with Crippen LogP contribution >= 0.6 is 11.3 Å². The number of carboxylic acids is 1. The molecular formula is C22H19NO3S. The first-order valence-electron chi connectivity index (χ1n) is 8.75. The highest BCUT2D eigenvalue weighted by atomic mass is 32.1. The molecule has 0 fully saturated rings. The number of rotatable bonds is 7. The minimum Gasteiger partial charge on any atom is -0.489 e. The van der Waals surface area contributed by atoms with Crippen LogP contribution in [0.1, 0.15) is 17.5 Å². The van der Waals surface area contributed by atoms with E-state index in [0.717, 1.165) is 16.9 Å². The summed E-state index contributed by atoms with van der Waals surface area (Å²) in [6.07, 6.45) is 2.77. The Bertz CT molecular complexity index is 1050. The SMILES string of the molecule is O=C(O)CCc1ccc(OCc2ccc3ccn(-c4ccsc4)c3c2)cc1. The predicted molar refractivity (Wildman–Crippen MR) is 108 cm³/mol. The number of aromatic nitrogens is 1. The summed E-state index contributed by atoms with van der Waals surface area (Å²) in [5.74, 6) is 0.000287. The lowest BCUT2D eigenvalue weighted by molar-refractivity contribution is -0.136. The van der Waals surface area contributed by atoms with Crippen LogP contribution in [0.4, 0.5) is 0 Å². The summed E-state index contributed by atoms with van der Waals surface area (Å²) < 4.78 is 8.09. The molecule has 2 aromatic carbocycles. The molecule has 2 heterocycles. The van der Waals surface area contributed by atoms with Crippen molar-refractivity contribution in [2.45, 2.75) is 19.4 Å². The molecule has 1 N–H and O–H groups in total. The van der Waals surface area contributed by atoms with Gasteiger partial charge in [-0.1, -0.05) is 24.3 Å². The van der Waals surface area contributed by atoms with Crippen molar-refractivity contribution in [3.05, 3.63) is 82.7 Å². The zero-order valence-electron chi connectivity index (χ0n) is 14.7. The molecular weight excluding hydrogens is 358 g/mol. The molecule has 5 heteroatoms. The van der Waals surface area contributed by atoms with E-state index in [1.165, 1.54) is 16.6 Å². The van der Waals surface area contributed by atoms with Gasteiger partial charge >= 0.3 is 5.97 Å². The molecule has 2 aromatic heterocycles. The lowest BCUT2D eigenvalue weighted by Crippen LogP contribution is -1.98. The molecule has 0 amide bonds. The van der Waals surface area contributed by atoms with Crippen LogP contribution in [-0.2, 0) is 17.8 Å². The second-order valence-electron chi connectivity index (χ2n) is 6.39. The topological polar surface area (TPSA) is 51.5 Å². The number of hydrogen-bond acceptors (Lipinski definition) is 3. The molecule has 0 saturated heterocycles. The number of fused-ring (bicyclic) bond motifs is 1. The van der Waals surface area contributed by atoms with Crippen LogP contribution < -0.4 is 4.74 Å². The van der Waals surface area contributed by atoms with Gasteiger partial charge in [0.1, 0.15) is 12.4 Å². The van der Waals surface area contributed by atoms with Gasteiger partial charge in [-0.25, -0.2) is 0 Å². The smallest absolute Gasteiger partial charge is 0.303 e. The minimum atomic E-state index is -0.780. The van der Waals surface area contributed by atoms with Crippen LogP contribution in [-0.4, -0.2) is 15.6 Å². The molecule has 0 aliphatic heterocycles. The molecule has 4 rings (SSSR count). The van der Waals surface area contributed by atoms with Gasteiger partial charge in [-0.3, -0.25) is 4.79 Å². The molecule has 0 atom stereocenters. The number of benzene rings is 2. The van der Waals surface area contributed by atoms with Crippen LogP contribution in [0.2, 0.25) is 0 Å². The van der Waals surface area contributed by atoms with E-state index in [0.29, 0.717) is 13.0 Å². The number of aryl methyl sites for hydroxylation is 1. The molecule has 0 unspecified atom stereocenters. The van der Waals surface area contributed by atoms with Crippen LogP contribution in [0, 0.1) is 0 Å². The van der Waals surface area contributed by atoms with E-state index in [2.05, 4.69) is 51.9 Å². The van der Waals surface area contributed by atoms with Crippen LogP contribution in [0.25, 0.3) is 16.6 Å². The van der Waals surface area contributed by atoms with Crippen molar-refractivity contribution >= 4 is 28.2 Å². The number of carbonyl (C=O) groups is 1.